The van der Waals surface area contributed by atoms with E-state index in [2.05, 4.69) is 0 Å². The van der Waals surface area contributed by atoms with Crippen LogP contribution in [0.2, 0.25) is 0 Å². The summed E-state index contributed by atoms with van der Waals surface area (Å²) < 4.78 is 115. The number of hydrogen-bond donors (Lipinski definition) is 1. The number of alkyl halides is 6. The molecule has 0 bridgehead atoms. The van der Waals surface area contributed by atoms with Crippen LogP contribution in [0, 0.1) is 0 Å². The van der Waals surface area contributed by atoms with Crippen molar-refractivity contribution in [1.82, 2.24) is 0 Å². The standard InChI is InChI=1S/C19H22O4.C16H11F6O.Co.O/c1-14(21)23-18-10-6-16(7-11-18)19(2,12-3-13-20)15-4-8-17(22)9-5-15;1-23-13-9-7-12(8-10-13)14(15(17,18)19,16(20,21)22)11-5-3-2-4-6-11;;/h4-11,20,22H,3,12-13H2,1-2H3;3-10H,1H3;;/q;;+1;/p-1. The SMILES string of the molecule is COc1ccc(C(c2cc[c]([Co](=[O])[O]c3ccc(C(C)(CCCO)c4ccc(OC(C)=O)cc4)cc3)cc2)(C(F)(F)F)C(F)(F)F)cc1. The summed E-state index contributed by atoms with van der Waals surface area (Å²) in [5, 5.41) is 9.51. The van der Waals surface area contributed by atoms with Gasteiger partial charge in [0.05, 0.1) is 0 Å². The van der Waals surface area contributed by atoms with Crippen molar-refractivity contribution in [2.75, 3.05) is 13.7 Å². The first-order valence-corrected chi connectivity index (χ1v) is 15.8. The van der Waals surface area contributed by atoms with Gasteiger partial charge < -0.3 is 0 Å². The number of esters is 1. The zero-order valence-corrected chi connectivity index (χ0v) is 27.0. The zero-order valence-electron chi connectivity index (χ0n) is 25.9. The number of rotatable bonds is 12. The van der Waals surface area contributed by atoms with Gasteiger partial charge in [0, 0.05) is 6.92 Å². The molecule has 4 aromatic carbocycles. The number of methoxy groups -OCH3 is 1. The Morgan fingerprint density at radius 3 is 1.52 bits per heavy atom. The molecule has 4 rings (SSSR count). The van der Waals surface area contributed by atoms with E-state index in [1.165, 1.54) is 14.0 Å². The Kier molecular flexibility index (Phi) is 11.1. The van der Waals surface area contributed by atoms with E-state index in [1.807, 2.05) is 6.92 Å². The molecule has 0 amide bonds. The molecule has 0 radical (unpaired) electrons. The summed E-state index contributed by atoms with van der Waals surface area (Å²) >= 11 is -2.70. The fraction of sp³-hybridized carbons (Fsp3) is 0.286. The first kappa shape index (κ1) is 36.6. The summed E-state index contributed by atoms with van der Waals surface area (Å²) in [7, 11) is 1.23. The molecule has 1 N–H and O–H groups in total. The fourth-order valence-electron chi connectivity index (χ4n) is 5.53. The third-order valence-corrected chi connectivity index (χ3v) is 9.29. The van der Waals surface area contributed by atoms with E-state index in [0.29, 0.717) is 42.9 Å². The van der Waals surface area contributed by atoms with Gasteiger partial charge in [-0.1, -0.05) is 0 Å². The second kappa shape index (κ2) is 14.5. The third-order valence-electron chi connectivity index (χ3n) is 8.01. The molecule has 4 aromatic rings. The molecule has 1 atom stereocenters. The molecule has 0 aliphatic heterocycles. The fourth-order valence-corrected chi connectivity index (χ4v) is 6.47. The van der Waals surface area contributed by atoms with Crippen molar-refractivity contribution in [3.8, 4) is 17.2 Å². The number of carbonyl (C=O) groups excluding carboxylic acids is 1. The topological polar surface area (TPSA) is 82.1 Å². The average Bonchev–Trinajstić information content (AvgIpc) is 3.03. The predicted octanol–water partition coefficient (Wildman–Crippen LogP) is 7.69. The molecule has 6 nitrogen and oxygen atoms in total. The number of aliphatic hydroxyl groups excluding tert-OH is 1. The third kappa shape index (κ3) is 7.42. The molecule has 0 saturated heterocycles. The van der Waals surface area contributed by atoms with Gasteiger partial charge in [-0.2, -0.15) is 0 Å². The molecule has 1 unspecified atom stereocenters. The average molecular weight is 722 g/mol. The van der Waals surface area contributed by atoms with Crippen LogP contribution >= 0.6 is 0 Å². The van der Waals surface area contributed by atoms with E-state index in [9.17, 15) is 40.1 Å². The molecule has 0 aliphatic rings. The van der Waals surface area contributed by atoms with Crippen LogP contribution in [0.3, 0.4) is 0 Å². The van der Waals surface area contributed by atoms with Crippen LogP contribution in [0.5, 0.6) is 17.2 Å². The van der Waals surface area contributed by atoms with Crippen molar-refractivity contribution in [2.45, 2.75) is 49.9 Å². The minimum atomic E-state index is -5.78. The van der Waals surface area contributed by atoms with Gasteiger partial charge in [-0.15, -0.1) is 0 Å². The number of aliphatic hydroxyl groups is 1. The van der Waals surface area contributed by atoms with Crippen molar-refractivity contribution in [2.24, 2.45) is 0 Å². The number of carbonyl (C=O) groups is 1. The van der Waals surface area contributed by atoms with Crippen LogP contribution in [0.1, 0.15) is 48.9 Å². The quantitative estimate of drug-likeness (QED) is 0.0919. The van der Waals surface area contributed by atoms with Gasteiger partial charge in [0.25, 0.3) is 0 Å². The Bertz CT molecular complexity index is 1690. The van der Waals surface area contributed by atoms with Crippen LogP contribution in [0.4, 0.5) is 26.3 Å². The summed E-state index contributed by atoms with van der Waals surface area (Å²) in [5.41, 5.74) is -5.43. The molecule has 0 fully saturated rings. The van der Waals surface area contributed by atoms with Crippen LogP contribution in [0.25, 0.3) is 0 Å². The summed E-state index contributed by atoms with van der Waals surface area (Å²) in [6.45, 7) is 3.21. The number of ether oxygens (including phenoxy) is 2. The van der Waals surface area contributed by atoms with Crippen LogP contribution < -0.4 is 17.8 Å². The van der Waals surface area contributed by atoms with E-state index in [0.717, 1.165) is 35.4 Å². The molecule has 0 saturated carbocycles. The first-order chi connectivity index (χ1) is 22.6. The van der Waals surface area contributed by atoms with Crippen molar-refractivity contribution < 1.29 is 67.3 Å². The molecular formula is C35H32CoF6O6. The van der Waals surface area contributed by atoms with Gasteiger partial charge in [0.2, 0.25) is 0 Å². The molecule has 0 aromatic heterocycles. The summed E-state index contributed by atoms with van der Waals surface area (Å²) in [5.74, 6) is 0.147. The van der Waals surface area contributed by atoms with Gasteiger partial charge in [-0.25, -0.2) is 0 Å². The van der Waals surface area contributed by atoms with E-state index in [-0.39, 0.29) is 22.6 Å². The summed E-state index contributed by atoms with van der Waals surface area (Å²) in [6.07, 6.45) is -10.5. The predicted molar refractivity (Wildman–Crippen MR) is 160 cm³/mol. The molecule has 0 aliphatic carbocycles. The van der Waals surface area contributed by atoms with E-state index in [4.69, 9.17) is 13.3 Å². The number of halogens is 6. The molecule has 0 heterocycles. The van der Waals surface area contributed by atoms with Crippen molar-refractivity contribution in [1.29, 1.82) is 0 Å². The Labute approximate surface area is 277 Å². The Morgan fingerprint density at radius 2 is 1.10 bits per heavy atom. The second-order valence-electron chi connectivity index (χ2n) is 11.0. The summed E-state index contributed by atoms with van der Waals surface area (Å²) in [4.78, 5) is 11.3. The second-order valence-corrected chi connectivity index (χ2v) is 12.4. The Morgan fingerprint density at radius 1 is 0.688 bits per heavy atom. The molecule has 13 heteroatoms. The zero-order chi connectivity index (χ0) is 35.3. The van der Waals surface area contributed by atoms with Crippen molar-refractivity contribution in [3.05, 3.63) is 119 Å². The Hall–Kier alpha value is -4.20. The van der Waals surface area contributed by atoms with Crippen LogP contribution in [-0.4, -0.2) is 37.1 Å². The van der Waals surface area contributed by atoms with Crippen molar-refractivity contribution >= 4 is 10.5 Å². The molecular weight excluding hydrogens is 689 g/mol. The monoisotopic (exact) mass is 721 g/mol. The van der Waals surface area contributed by atoms with Gasteiger partial charge in [-0.3, -0.25) is 4.79 Å². The minimum absolute atomic E-state index is 0.0470. The van der Waals surface area contributed by atoms with E-state index < -0.39 is 54.2 Å². The van der Waals surface area contributed by atoms with Crippen LogP contribution in [0.15, 0.2) is 97.1 Å². The first-order valence-electron chi connectivity index (χ1n) is 14.5. The van der Waals surface area contributed by atoms with E-state index in [1.54, 1.807) is 48.5 Å². The Balaban J connectivity index is 1.60. The maximum atomic E-state index is 14.5. The van der Waals surface area contributed by atoms with Gasteiger partial charge in [0.15, 0.2) is 0 Å². The normalized spacial score (nSPS) is 13.8. The molecule has 48 heavy (non-hydrogen) atoms. The van der Waals surface area contributed by atoms with Crippen LogP contribution in [-0.2, 0) is 33.4 Å². The summed E-state index contributed by atoms with van der Waals surface area (Å²) in [6, 6.07) is 20.1. The van der Waals surface area contributed by atoms with Crippen molar-refractivity contribution in [3.63, 3.8) is 0 Å². The van der Waals surface area contributed by atoms with E-state index >= 15 is 0 Å². The molecule has 259 valence electrons. The van der Waals surface area contributed by atoms with Gasteiger partial charge >= 0.3 is 266 Å². The number of benzene rings is 4. The molecule has 0 spiro atoms. The van der Waals surface area contributed by atoms with Gasteiger partial charge in [0.1, 0.15) is 0 Å². The van der Waals surface area contributed by atoms with Gasteiger partial charge in [-0.05, 0) is 0 Å². The number of hydrogen-bond acceptors (Lipinski definition) is 6. The maximum absolute atomic E-state index is 14.5.